The normalized spacial score (nSPS) is 10.7. The second kappa shape index (κ2) is 6.48. The number of nitrogens with zero attached hydrogens (tertiary/aromatic N) is 4. The molecule has 1 aromatic carbocycles. The fraction of sp³-hybridized carbons (Fsp3) is 0.235. The third-order valence-electron chi connectivity index (χ3n) is 3.68. The summed E-state index contributed by atoms with van der Waals surface area (Å²) >= 11 is 0. The molecule has 0 aliphatic carbocycles. The zero-order chi connectivity index (χ0) is 16.2. The van der Waals surface area contributed by atoms with Crippen molar-refractivity contribution in [1.29, 1.82) is 0 Å². The Morgan fingerprint density at radius 1 is 1.26 bits per heavy atom. The molecular formula is C17H18N4O2. The van der Waals surface area contributed by atoms with Crippen molar-refractivity contribution in [2.75, 3.05) is 7.11 Å². The van der Waals surface area contributed by atoms with E-state index in [4.69, 9.17) is 4.74 Å². The van der Waals surface area contributed by atoms with Crippen molar-refractivity contribution >= 4 is 5.97 Å². The van der Waals surface area contributed by atoms with Crippen LogP contribution in [-0.4, -0.2) is 32.4 Å². The van der Waals surface area contributed by atoms with Crippen LogP contribution in [0.4, 0.5) is 0 Å². The van der Waals surface area contributed by atoms with Gasteiger partial charge >= 0.3 is 5.97 Å². The van der Waals surface area contributed by atoms with E-state index in [1.54, 1.807) is 23.0 Å². The lowest BCUT2D eigenvalue weighted by atomic mass is 10.1. The van der Waals surface area contributed by atoms with Gasteiger partial charge in [0.15, 0.2) is 0 Å². The molecule has 0 aliphatic rings. The number of carbonyl (C=O) groups is 1. The summed E-state index contributed by atoms with van der Waals surface area (Å²) < 4.78 is 8.61. The van der Waals surface area contributed by atoms with Gasteiger partial charge in [0, 0.05) is 37.7 Å². The van der Waals surface area contributed by atoms with Crippen molar-refractivity contribution in [1.82, 2.24) is 19.3 Å². The Hall–Kier alpha value is -2.89. The van der Waals surface area contributed by atoms with Crippen LogP contribution in [0.15, 0.2) is 49.1 Å². The highest BCUT2D eigenvalue weighted by Gasteiger charge is 2.09. The van der Waals surface area contributed by atoms with Crippen molar-refractivity contribution < 1.29 is 9.53 Å². The predicted molar refractivity (Wildman–Crippen MR) is 85.9 cm³/mol. The summed E-state index contributed by atoms with van der Waals surface area (Å²) in [7, 11) is 3.29. The second-order valence-electron chi connectivity index (χ2n) is 5.29. The molecule has 6 heteroatoms. The molecule has 0 unspecified atom stereocenters. The van der Waals surface area contributed by atoms with Crippen LogP contribution < -0.4 is 0 Å². The van der Waals surface area contributed by atoms with E-state index in [0.717, 1.165) is 24.4 Å². The van der Waals surface area contributed by atoms with Gasteiger partial charge in [0.05, 0.1) is 18.9 Å². The van der Waals surface area contributed by atoms with Crippen molar-refractivity contribution in [3.63, 3.8) is 0 Å². The maximum absolute atomic E-state index is 11.5. The molecule has 0 radical (unpaired) electrons. The number of aryl methyl sites for hydroxylation is 3. The lowest BCUT2D eigenvalue weighted by Crippen LogP contribution is -2.03. The Labute approximate surface area is 134 Å². The molecule has 6 nitrogen and oxygen atoms in total. The third-order valence-corrected chi connectivity index (χ3v) is 3.68. The summed E-state index contributed by atoms with van der Waals surface area (Å²) in [5.74, 6) is 0.543. The zero-order valence-corrected chi connectivity index (χ0v) is 13.1. The quantitative estimate of drug-likeness (QED) is 0.679. The first-order valence-corrected chi connectivity index (χ1v) is 7.35. The number of methoxy groups -OCH3 is 1. The van der Waals surface area contributed by atoms with Gasteiger partial charge in [0.2, 0.25) is 0 Å². The maximum Gasteiger partial charge on any atom is 0.337 e. The average Bonchev–Trinajstić information content (AvgIpc) is 3.21. The molecule has 3 aromatic rings. The van der Waals surface area contributed by atoms with Crippen LogP contribution in [0, 0.1) is 0 Å². The van der Waals surface area contributed by atoms with Gasteiger partial charge in [-0.2, -0.15) is 5.10 Å². The molecular weight excluding hydrogens is 292 g/mol. The van der Waals surface area contributed by atoms with Gasteiger partial charge < -0.3 is 9.30 Å². The van der Waals surface area contributed by atoms with Gasteiger partial charge in [0.25, 0.3) is 0 Å². The number of benzene rings is 1. The summed E-state index contributed by atoms with van der Waals surface area (Å²) in [6.07, 6.45) is 8.52. The number of hydrogen-bond acceptors (Lipinski definition) is 4. The molecule has 118 valence electrons. The van der Waals surface area contributed by atoms with E-state index in [9.17, 15) is 4.79 Å². The van der Waals surface area contributed by atoms with Gasteiger partial charge in [-0.1, -0.05) is 12.1 Å². The summed E-state index contributed by atoms with van der Waals surface area (Å²) in [6, 6.07) is 7.27. The van der Waals surface area contributed by atoms with Crippen molar-refractivity contribution in [3.05, 3.63) is 60.2 Å². The Bertz CT molecular complexity index is 802. The van der Waals surface area contributed by atoms with Crippen LogP contribution in [-0.2, 0) is 24.8 Å². The highest BCUT2D eigenvalue weighted by molar-refractivity contribution is 5.89. The molecule has 0 bridgehead atoms. The van der Waals surface area contributed by atoms with E-state index in [-0.39, 0.29) is 5.97 Å². The summed E-state index contributed by atoms with van der Waals surface area (Å²) in [5.41, 5.74) is 2.69. The lowest BCUT2D eigenvalue weighted by molar-refractivity contribution is 0.0601. The minimum absolute atomic E-state index is 0.337. The topological polar surface area (TPSA) is 61.9 Å². The smallest absolute Gasteiger partial charge is 0.337 e. The van der Waals surface area contributed by atoms with Crippen LogP contribution in [0.1, 0.15) is 15.9 Å². The largest absolute Gasteiger partial charge is 0.465 e. The van der Waals surface area contributed by atoms with E-state index in [1.807, 2.05) is 37.8 Å². The Morgan fingerprint density at radius 2 is 2.04 bits per heavy atom. The molecule has 3 rings (SSSR count). The maximum atomic E-state index is 11.5. The molecule has 2 heterocycles. The molecule has 0 saturated heterocycles. The van der Waals surface area contributed by atoms with Gasteiger partial charge in [0.1, 0.15) is 5.82 Å². The highest BCUT2D eigenvalue weighted by atomic mass is 16.5. The van der Waals surface area contributed by atoms with E-state index in [1.165, 1.54) is 12.7 Å². The number of aromatic nitrogens is 4. The second-order valence-corrected chi connectivity index (χ2v) is 5.29. The molecule has 0 amide bonds. The predicted octanol–water partition coefficient (Wildman–Crippen LogP) is 2.31. The number of hydrogen-bond donors (Lipinski definition) is 0. The highest BCUT2D eigenvalue weighted by Crippen LogP contribution is 2.19. The van der Waals surface area contributed by atoms with Crippen LogP contribution >= 0.6 is 0 Å². The van der Waals surface area contributed by atoms with Crippen molar-refractivity contribution in [2.45, 2.75) is 13.0 Å². The number of ether oxygens (including phenoxy) is 1. The Balaban J connectivity index is 1.76. The first-order valence-electron chi connectivity index (χ1n) is 7.35. The van der Waals surface area contributed by atoms with E-state index in [0.29, 0.717) is 5.56 Å². The van der Waals surface area contributed by atoms with Crippen LogP contribution in [0.2, 0.25) is 0 Å². The number of carbonyl (C=O) groups excluding carboxylic acids is 1. The fourth-order valence-electron chi connectivity index (χ4n) is 2.47. The summed E-state index contributed by atoms with van der Waals surface area (Å²) in [6.45, 7) is 0.819. The van der Waals surface area contributed by atoms with Gasteiger partial charge in [-0.3, -0.25) is 4.68 Å². The monoisotopic (exact) mass is 310 g/mol. The lowest BCUT2D eigenvalue weighted by Gasteiger charge is -2.08. The van der Waals surface area contributed by atoms with E-state index in [2.05, 4.69) is 14.6 Å². The van der Waals surface area contributed by atoms with Crippen molar-refractivity contribution in [2.24, 2.45) is 7.05 Å². The van der Waals surface area contributed by atoms with Gasteiger partial charge in [-0.25, -0.2) is 9.78 Å². The van der Waals surface area contributed by atoms with Crippen LogP contribution in [0.5, 0.6) is 0 Å². The van der Waals surface area contributed by atoms with Crippen molar-refractivity contribution in [3.8, 4) is 11.4 Å². The van der Waals surface area contributed by atoms with Crippen LogP contribution in [0.25, 0.3) is 11.4 Å². The number of esters is 1. The van der Waals surface area contributed by atoms with Gasteiger partial charge in [-0.05, 0) is 24.1 Å². The zero-order valence-electron chi connectivity index (χ0n) is 13.1. The van der Waals surface area contributed by atoms with E-state index >= 15 is 0 Å². The average molecular weight is 310 g/mol. The minimum atomic E-state index is -0.337. The summed E-state index contributed by atoms with van der Waals surface area (Å²) in [5, 5.41) is 4.18. The molecule has 0 fully saturated rings. The first kappa shape index (κ1) is 15.0. The fourth-order valence-corrected chi connectivity index (χ4v) is 2.47. The summed E-state index contributed by atoms with van der Waals surface area (Å²) in [4.78, 5) is 15.9. The minimum Gasteiger partial charge on any atom is -0.465 e. The first-order chi connectivity index (χ1) is 11.2. The number of imidazole rings is 1. The Kier molecular flexibility index (Phi) is 4.23. The SMILES string of the molecule is COC(=O)c1ccc(-c2nccn2CCc2cnn(C)c2)cc1. The van der Waals surface area contributed by atoms with Gasteiger partial charge in [-0.15, -0.1) is 0 Å². The third kappa shape index (κ3) is 3.31. The molecule has 0 atom stereocenters. The molecule has 0 N–H and O–H groups in total. The van der Waals surface area contributed by atoms with E-state index < -0.39 is 0 Å². The molecule has 0 aliphatic heterocycles. The van der Waals surface area contributed by atoms with Crippen LogP contribution in [0.3, 0.4) is 0 Å². The molecule has 0 saturated carbocycles. The standard InChI is InChI=1S/C17H18N4O2/c1-20-12-13(11-19-20)7-9-21-10-8-18-16(21)14-3-5-15(6-4-14)17(22)23-2/h3-6,8,10-12H,7,9H2,1-2H3. The molecule has 2 aromatic heterocycles. The number of rotatable bonds is 5. The Morgan fingerprint density at radius 3 is 2.70 bits per heavy atom. The molecule has 23 heavy (non-hydrogen) atoms. The molecule has 0 spiro atoms.